The predicted octanol–water partition coefficient (Wildman–Crippen LogP) is 3.91. The van der Waals surface area contributed by atoms with Gasteiger partial charge in [-0.2, -0.15) is 0 Å². The number of hydrazine groups is 1. The molecule has 27 heavy (non-hydrogen) atoms. The number of hydrogen-bond acceptors (Lipinski definition) is 6. The average molecular weight is 379 g/mol. The summed E-state index contributed by atoms with van der Waals surface area (Å²) in [5.74, 6) is 1.26. The first-order valence-electron chi connectivity index (χ1n) is 8.24. The summed E-state index contributed by atoms with van der Waals surface area (Å²) in [7, 11) is 3.73. The fraction of sp³-hybridized carbons (Fsp3) is 0.105. The summed E-state index contributed by atoms with van der Waals surface area (Å²) >= 11 is 5.27. The largest absolute Gasteiger partial charge is 0.463 e. The molecule has 0 radical (unpaired) electrons. The number of nitrogens with zero attached hydrogens (tertiary/aromatic N) is 3. The molecule has 0 saturated heterocycles. The van der Waals surface area contributed by atoms with Gasteiger partial charge in [0.25, 0.3) is 0 Å². The minimum Gasteiger partial charge on any atom is -0.463 e. The third kappa shape index (κ3) is 3.67. The number of benzene rings is 1. The average Bonchev–Trinajstić information content (AvgIpc) is 3.33. The van der Waals surface area contributed by atoms with E-state index in [0.717, 1.165) is 11.2 Å². The van der Waals surface area contributed by atoms with Crippen molar-refractivity contribution < 1.29 is 8.83 Å². The quantitative estimate of drug-likeness (QED) is 0.408. The molecular weight excluding hydrogens is 362 g/mol. The number of anilines is 1. The molecule has 8 heteroatoms. The van der Waals surface area contributed by atoms with Crippen LogP contribution in [-0.4, -0.2) is 34.2 Å². The van der Waals surface area contributed by atoms with E-state index in [1.54, 1.807) is 17.5 Å². The summed E-state index contributed by atoms with van der Waals surface area (Å²) in [6.07, 6.45) is 3.22. The first kappa shape index (κ1) is 17.2. The zero-order chi connectivity index (χ0) is 18.8. The number of rotatable bonds is 4. The molecule has 0 aliphatic carbocycles. The highest BCUT2D eigenvalue weighted by Crippen LogP contribution is 2.32. The molecule has 0 aliphatic rings. The summed E-state index contributed by atoms with van der Waals surface area (Å²) in [6.45, 7) is 0. The summed E-state index contributed by atoms with van der Waals surface area (Å²) in [4.78, 5) is 9.51. The molecule has 1 aromatic carbocycles. The Hall–Kier alpha value is -3.23. The first-order valence-corrected chi connectivity index (χ1v) is 8.65. The van der Waals surface area contributed by atoms with Crippen LogP contribution in [0.15, 0.2) is 63.8 Å². The van der Waals surface area contributed by atoms with Crippen molar-refractivity contribution in [1.29, 1.82) is 0 Å². The lowest BCUT2D eigenvalue weighted by Gasteiger charge is -2.15. The van der Waals surface area contributed by atoms with E-state index in [1.807, 2.05) is 56.6 Å². The Morgan fingerprint density at radius 3 is 2.11 bits per heavy atom. The molecule has 0 amide bonds. The standard InChI is InChI=1S/C19H17N5O2S/c1-24(2)23-19(27)20-12-7-8-13-14(11-12)22-18(16-6-4-10-26-16)17(21-13)15-5-3-9-25-15/h3-11H,1-2H3,(H2,20,23,27). The van der Waals surface area contributed by atoms with Crippen molar-refractivity contribution in [3.8, 4) is 22.9 Å². The van der Waals surface area contributed by atoms with E-state index in [2.05, 4.69) is 10.7 Å². The predicted molar refractivity (Wildman–Crippen MR) is 108 cm³/mol. The lowest BCUT2D eigenvalue weighted by molar-refractivity contribution is 0.365. The molecular formula is C19H17N5O2S. The number of nitrogens with one attached hydrogen (secondary N) is 2. The second-order valence-electron chi connectivity index (χ2n) is 6.04. The van der Waals surface area contributed by atoms with Crippen molar-refractivity contribution in [2.45, 2.75) is 0 Å². The van der Waals surface area contributed by atoms with Crippen molar-refractivity contribution in [1.82, 2.24) is 20.4 Å². The van der Waals surface area contributed by atoms with E-state index in [9.17, 15) is 0 Å². The second-order valence-corrected chi connectivity index (χ2v) is 6.45. The molecule has 3 heterocycles. The van der Waals surface area contributed by atoms with Crippen molar-refractivity contribution >= 4 is 34.1 Å². The van der Waals surface area contributed by atoms with Crippen molar-refractivity contribution in [2.75, 3.05) is 19.4 Å². The molecule has 0 spiro atoms. The lowest BCUT2D eigenvalue weighted by Crippen LogP contribution is -2.38. The summed E-state index contributed by atoms with van der Waals surface area (Å²) in [5, 5.41) is 5.39. The summed E-state index contributed by atoms with van der Waals surface area (Å²) in [5.41, 5.74) is 6.52. The van der Waals surface area contributed by atoms with Crippen LogP contribution in [0.2, 0.25) is 0 Å². The first-order chi connectivity index (χ1) is 13.1. The highest BCUT2D eigenvalue weighted by Gasteiger charge is 2.17. The van der Waals surface area contributed by atoms with Gasteiger partial charge >= 0.3 is 0 Å². The minimum absolute atomic E-state index is 0.491. The number of aromatic nitrogens is 2. The third-order valence-corrected chi connectivity index (χ3v) is 3.95. The van der Waals surface area contributed by atoms with Gasteiger partial charge < -0.3 is 14.2 Å². The SMILES string of the molecule is CN(C)NC(=S)Nc1ccc2nc(-c3ccco3)c(-c3ccco3)nc2c1. The summed E-state index contributed by atoms with van der Waals surface area (Å²) in [6, 6.07) is 13.0. The van der Waals surface area contributed by atoms with E-state index in [-0.39, 0.29) is 0 Å². The maximum atomic E-state index is 5.55. The van der Waals surface area contributed by atoms with Gasteiger partial charge in [-0.25, -0.2) is 15.0 Å². The zero-order valence-electron chi connectivity index (χ0n) is 14.8. The van der Waals surface area contributed by atoms with Crippen LogP contribution in [0.5, 0.6) is 0 Å². The zero-order valence-corrected chi connectivity index (χ0v) is 15.6. The van der Waals surface area contributed by atoms with Crippen LogP contribution in [-0.2, 0) is 0 Å². The van der Waals surface area contributed by atoms with Crippen LogP contribution in [0.1, 0.15) is 0 Å². The topological polar surface area (TPSA) is 79.4 Å². The molecule has 0 saturated carbocycles. The van der Waals surface area contributed by atoms with Crippen molar-refractivity contribution in [3.05, 3.63) is 55.0 Å². The molecule has 0 fully saturated rings. The van der Waals surface area contributed by atoms with E-state index in [0.29, 0.717) is 33.5 Å². The third-order valence-electron chi connectivity index (χ3n) is 3.76. The minimum atomic E-state index is 0.491. The van der Waals surface area contributed by atoms with Gasteiger partial charge in [-0.3, -0.25) is 5.43 Å². The van der Waals surface area contributed by atoms with E-state index < -0.39 is 0 Å². The van der Waals surface area contributed by atoms with Crippen LogP contribution in [0.3, 0.4) is 0 Å². The molecule has 0 atom stereocenters. The van der Waals surface area contributed by atoms with Gasteiger partial charge in [0.1, 0.15) is 11.4 Å². The Morgan fingerprint density at radius 1 is 0.926 bits per heavy atom. The molecule has 4 aromatic rings. The van der Waals surface area contributed by atoms with Crippen molar-refractivity contribution in [2.24, 2.45) is 0 Å². The molecule has 7 nitrogen and oxygen atoms in total. The van der Waals surface area contributed by atoms with Gasteiger partial charge in [0, 0.05) is 19.8 Å². The number of thiocarbonyl (C=S) groups is 1. The van der Waals surface area contributed by atoms with Gasteiger partial charge in [-0.15, -0.1) is 0 Å². The van der Waals surface area contributed by atoms with Crippen molar-refractivity contribution in [3.63, 3.8) is 0 Å². The highest BCUT2D eigenvalue weighted by atomic mass is 32.1. The summed E-state index contributed by atoms with van der Waals surface area (Å²) < 4.78 is 11.1. The molecule has 0 bridgehead atoms. The second kappa shape index (κ2) is 7.18. The monoisotopic (exact) mass is 379 g/mol. The fourth-order valence-electron chi connectivity index (χ4n) is 2.66. The maximum Gasteiger partial charge on any atom is 0.185 e. The van der Waals surface area contributed by atoms with Crippen LogP contribution in [0.25, 0.3) is 33.9 Å². The number of hydrogen-bond donors (Lipinski definition) is 2. The van der Waals surface area contributed by atoms with Crippen LogP contribution in [0, 0.1) is 0 Å². The molecule has 2 N–H and O–H groups in total. The van der Waals surface area contributed by atoms with Crippen LogP contribution < -0.4 is 10.7 Å². The van der Waals surface area contributed by atoms with Gasteiger partial charge in [-0.05, 0) is 54.7 Å². The van der Waals surface area contributed by atoms with Gasteiger partial charge in [0.15, 0.2) is 16.6 Å². The number of furan rings is 2. The molecule has 136 valence electrons. The Bertz CT molecular complexity index is 1080. The number of fused-ring (bicyclic) bond motifs is 1. The van der Waals surface area contributed by atoms with Crippen LogP contribution >= 0.6 is 12.2 Å². The molecule has 4 rings (SSSR count). The highest BCUT2D eigenvalue weighted by molar-refractivity contribution is 7.80. The Kier molecular flexibility index (Phi) is 4.57. The van der Waals surface area contributed by atoms with E-state index in [4.69, 9.17) is 31.0 Å². The Labute approximate surface area is 161 Å². The molecule has 0 aliphatic heterocycles. The Morgan fingerprint density at radius 2 is 1.56 bits per heavy atom. The van der Waals surface area contributed by atoms with Crippen LogP contribution in [0.4, 0.5) is 5.69 Å². The molecule has 0 unspecified atom stereocenters. The van der Waals surface area contributed by atoms with Gasteiger partial charge in [0.2, 0.25) is 0 Å². The fourth-order valence-corrected chi connectivity index (χ4v) is 2.96. The lowest BCUT2D eigenvalue weighted by atomic mass is 10.1. The van der Waals surface area contributed by atoms with E-state index in [1.165, 1.54) is 0 Å². The maximum absolute atomic E-state index is 5.55. The van der Waals surface area contributed by atoms with Gasteiger partial charge in [-0.1, -0.05) is 0 Å². The normalized spacial score (nSPS) is 11.1. The molecule has 3 aromatic heterocycles. The van der Waals surface area contributed by atoms with Gasteiger partial charge in [0.05, 0.1) is 23.6 Å². The Balaban J connectivity index is 1.78. The smallest absolute Gasteiger partial charge is 0.185 e. The van der Waals surface area contributed by atoms with E-state index >= 15 is 0 Å².